The molecule has 4 atom stereocenters. The van der Waals surface area contributed by atoms with Gasteiger partial charge in [0.15, 0.2) is 0 Å². The Morgan fingerprint density at radius 1 is 1.07 bits per heavy atom. The molecule has 1 unspecified atom stereocenters. The predicted molar refractivity (Wildman–Crippen MR) is 68.0 cm³/mol. The number of rotatable bonds is 7. The smallest absolute Gasteiger partial charge is 0.00205 e. The molecule has 0 aliphatic heterocycles. The molecule has 1 N–H and O–H groups in total. The average molecular weight is 211 g/mol. The molecule has 1 fully saturated rings. The molecular weight excluding hydrogens is 182 g/mol. The van der Waals surface area contributed by atoms with E-state index in [-0.39, 0.29) is 0 Å². The highest BCUT2D eigenvalue weighted by molar-refractivity contribution is 4.87. The second-order valence-corrected chi connectivity index (χ2v) is 5.46. The van der Waals surface area contributed by atoms with Gasteiger partial charge in [-0.2, -0.15) is 0 Å². The van der Waals surface area contributed by atoms with Crippen molar-refractivity contribution >= 4 is 0 Å². The molecule has 0 radical (unpaired) electrons. The maximum Gasteiger partial charge on any atom is -0.00205 e. The van der Waals surface area contributed by atoms with Gasteiger partial charge in [0.1, 0.15) is 0 Å². The van der Waals surface area contributed by atoms with Gasteiger partial charge in [0.25, 0.3) is 0 Å². The fourth-order valence-electron chi connectivity index (χ4n) is 3.16. The van der Waals surface area contributed by atoms with Crippen molar-refractivity contribution in [1.29, 1.82) is 0 Å². The van der Waals surface area contributed by atoms with E-state index in [0.717, 1.165) is 30.2 Å². The van der Waals surface area contributed by atoms with Crippen LogP contribution in [-0.4, -0.2) is 13.1 Å². The minimum atomic E-state index is 0.878. The molecular formula is C14H29N. The number of hydrogen-bond acceptors (Lipinski definition) is 1. The van der Waals surface area contributed by atoms with Crippen LogP contribution in [0.5, 0.6) is 0 Å². The van der Waals surface area contributed by atoms with Crippen LogP contribution in [0.3, 0.4) is 0 Å². The van der Waals surface area contributed by atoms with Crippen molar-refractivity contribution in [2.24, 2.45) is 23.7 Å². The maximum absolute atomic E-state index is 3.49. The molecule has 0 spiro atoms. The fourth-order valence-corrected chi connectivity index (χ4v) is 3.16. The van der Waals surface area contributed by atoms with Crippen LogP contribution in [0.2, 0.25) is 0 Å². The number of hydrogen-bond donors (Lipinski definition) is 1. The summed E-state index contributed by atoms with van der Waals surface area (Å²) in [7, 11) is 0. The lowest BCUT2D eigenvalue weighted by Crippen LogP contribution is -2.39. The van der Waals surface area contributed by atoms with Crippen molar-refractivity contribution in [2.75, 3.05) is 13.1 Å². The van der Waals surface area contributed by atoms with Crippen molar-refractivity contribution in [3.05, 3.63) is 0 Å². The van der Waals surface area contributed by atoms with E-state index in [1.165, 1.54) is 32.2 Å². The molecule has 0 heterocycles. The largest absolute Gasteiger partial charge is 0.317 e. The molecule has 1 heteroatoms. The Morgan fingerprint density at radius 3 is 2.13 bits per heavy atom. The van der Waals surface area contributed by atoms with E-state index >= 15 is 0 Å². The average Bonchev–Trinajstić information content (AvgIpc) is 2.13. The molecule has 1 rings (SSSR count). The Hall–Kier alpha value is -0.0400. The van der Waals surface area contributed by atoms with E-state index in [2.05, 4.69) is 33.0 Å². The second-order valence-electron chi connectivity index (χ2n) is 5.46. The first kappa shape index (κ1) is 13.0. The van der Waals surface area contributed by atoms with Crippen molar-refractivity contribution in [3.8, 4) is 0 Å². The van der Waals surface area contributed by atoms with Gasteiger partial charge >= 0.3 is 0 Å². The molecule has 0 bridgehead atoms. The minimum absolute atomic E-state index is 0.878. The van der Waals surface area contributed by atoms with Gasteiger partial charge in [-0.15, -0.1) is 0 Å². The summed E-state index contributed by atoms with van der Waals surface area (Å²) in [6.07, 6.45) is 5.74. The summed E-state index contributed by atoms with van der Waals surface area (Å²) in [5, 5.41) is 3.49. The van der Waals surface area contributed by atoms with E-state index in [1.54, 1.807) is 0 Å². The summed E-state index contributed by atoms with van der Waals surface area (Å²) in [4.78, 5) is 0. The zero-order chi connectivity index (χ0) is 11.3. The summed E-state index contributed by atoms with van der Waals surface area (Å²) in [5.74, 6) is 3.87. The third-order valence-corrected chi connectivity index (χ3v) is 4.31. The van der Waals surface area contributed by atoms with Crippen LogP contribution < -0.4 is 5.32 Å². The third kappa shape index (κ3) is 3.48. The van der Waals surface area contributed by atoms with Crippen LogP contribution in [-0.2, 0) is 0 Å². The lowest BCUT2D eigenvalue weighted by atomic mass is 9.62. The molecule has 0 saturated heterocycles. The first-order valence-electron chi connectivity index (χ1n) is 6.91. The Balaban J connectivity index is 2.30. The molecule has 0 aromatic heterocycles. The normalized spacial score (nSPS) is 29.6. The van der Waals surface area contributed by atoms with Gasteiger partial charge in [-0.1, -0.05) is 40.5 Å². The van der Waals surface area contributed by atoms with E-state index in [1.807, 2.05) is 0 Å². The molecule has 0 amide bonds. The van der Waals surface area contributed by atoms with E-state index in [0.29, 0.717) is 0 Å². The van der Waals surface area contributed by atoms with Crippen molar-refractivity contribution in [3.63, 3.8) is 0 Å². The highest BCUT2D eigenvalue weighted by Gasteiger charge is 2.37. The van der Waals surface area contributed by atoms with Crippen LogP contribution in [0.25, 0.3) is 0 Å². The highest BCUT2D eigenvalue weighted by Crippen LogP contribution is 2.45. The van der Waals surface area contributed by atoms with E-state index in [9.17, 15) is 0 Å². The quantitative estimate of drug-likeness (QED) is 0.677. The third-order valence-electron chi connectivity index (χ3n) is 4.31. The fraction of sp³-hybridized carbons (Fsp3) is 1.00. The minimum Gasteiger partial charge on any atom is -0.317 e. The maximum atomic E-state index is 3.49. The van der Waals surface area contributed by atoms with Gasteiger partial charge in [-0.05, 0) is 49.6 Å². The molecule has 1 aliphatic carbocycles. The molecule has 1 nitrogen and oxygen atoms in total. The number of nitrogens with one attached hydrogen (secondary N) is 1. The summed E-state index contributed by atoms with van der Waals surface area (Å²) >= 11 is 0. The monoisotopic (exact) mass is 211 g/mol. The van der Waals surface area contributed by atoms with Crippen molar-refractivity contribution in [1.82, 2.24) is 5.32 Å². The molecule has 0 aromatic rings. The first-order valence-corrected chi connectivity index (χ1v) is 6.91. The highest BCUT2D eigenvalue weighted by atomic mass is 14.8. The zero-order valence-corrected chi connectivity index (χ0v) is 11.1. The van der Waals surface area contributed by atoms with Crippen LogP contribution >= 0.6 is 0 Å². The second kappa shape index (κ2) is 6.52. The Morgan fingerprint density at radius 2 is 1.67 bits per heavy atom. The molecule has 90 valence electrons. The molecule has 1 saturated carbocycles. The lowest BCUT2D eigenvalue weighted by Gasteiger charge is -2.44. The Bertz CT molecular complexity index is 167. The Labute approximate surface area is 96.0 Å². The summed E-state index contributed by atoms with van der Waals surface area (Å²) in [6, 6.07) is 0. The summed E-state index contributed by atoms with van der Waals surface area (Å²) in [5.41, 5.74) is 0. The first-order chi connectivity index (χ1) is 7.20. The van der Waals surface area contributed by atoms with Crippen molar-refractivity contribution < 1.29 is 0 Å². The van der Waals surface area contributed by atoms with Gasteiger partial charge in [0, 0.05) is 0 Å². The van der Waals surface area contributed by atoms with Crippen LogP contribution in [0.15, 0.2) is 0 Å². The van der Waals surface area contributed by atoms with Crippen LogP contribution in [0, 0.1) is 23.7 Å². The Kier molecular flexibility index (Phi) is 5.66. The summed E-state index contributed by atoms with van der Waals surface area (Å²) < 4.78 is 0. The van der Waals surface area contributed by atoms with E-state index in [4.69, 9.17) is 0 Å². The molecule has 1 aliphatic rings. The molecule has 15 heavy (non-hydrogen) atoms. The topological polar surface area (TPSA) is 12.0 Å². The van der Waals surface area contributed by atoms with Gasteiger partial charge in [-0.3, -0.25) is 0 Å². The molecule has 0 aromatic carbocycles. The van der Waals surface area contributed by atoms with Crippen LogP contribution in [0.1, 0.15) is 53.4 Å². The van der Waals surface area contributed by atoms with E-state index < -0.39 is 0 Å². The zero-order valence-electron chi connectivity index (χ0n) is 11.1. The predicted octanol–water partition coefficient (Wildman–Crippen LogP) is 3.69. The lowest BCUT2D eigenvalue weighted by molar-refractivity contribution is 0.0610. The van der Waals surface area contributed by atoms with Crippen LogP contribution in [0.4, 0.5) is 0 Å². The van der Waals surface area contributed by atoms with Gasteiger partial charge in [-0.25, -0.2) is 0 Å². The SMILES string of the molecule is CCC[C@H](C)[C@H]1CC[C@@H]1C(C)CNCC. The van der Waals surface area contributed by atoms with Gasteiger partial charge in [0.2, 0.25) is 0 Å². The van der Waals surface area contributed by atoms with Crippen molar-refractivity contribution in [2.45, 2.75) is 53.4 Å². The summed E-state index contributed by atoms with van der Waals surface area (Å²) in [6.45, 7) is 11.7. The standard InChI is InChI=1S/C14H29N/c1-5-7-11(3)13-8-9-14(13)12(4)10-15-6-2/h11-15H,5-10H2,1-4H3/t11-,12?,13+,14+/m0/s1. The van der Waals surface area contributed by atoms with Gasteiger partial charge < -0.3 is 5.32 Å². The van der Waals surface area contributed by atoms with Gasteiger partial charge in [0.05, 0.1) is 0 Å².